The molecule has 0 spiro atoms. The fraction of sp³-hybridized carbons (Fsp3) is 1.00. The van der Waals surface area contributed by atoms with Crippen LogP contribution in [0.5, 0.6) is 0 Å². The fourth-order valence-electron chi connectivity index (χ4n) is 0.316. The van der Waals surface area contributed by atoms with E-state index >= 15 is 0 Å². The Bertz CT molecular complexity index is 77.6. The third-order valence-electron chi connectivity index (χ3n) is 0.825. The van der Waals surface area contributed by atoms with Crippen LogP contribution in [0.2, 0.25) is 0 Å². The van der Waals surface area contributed by atoms with Crippen molar-refractivity contribution in [2.45, 2.75) is 32.9 Å². The molecule has 0 aliphatic carbocycles. The molecule has 9 heavy (non-hydrogen) atoms. The van der Waals surface area contributed by atoms with Gasteiger partial charge in [0.05, 0.1) is 0 Å². The van der Waals surface area contributed by atoms with Gasteiger partial charge in [0.25, 0.3) is 0 Å². The Morgan fingerprint density at radius 2 is 1.89 bits per heavy atom. The van der Waals surface area contributed by atoms with E-state index in [9.17, 15) is 0 Å². The van der Waals surface area contributed by atoms with Crippen LogP contribution in [-0.2, 0) is 0 Å². The van der Waals surface area contributed by atoms with Crippen molar-refractivity contribution in [3.05, 3.63) is 0 Å². The van der Waals surface area contributed by atoms with Crippen LogP contribution in [0.4, 0.5) is 0 Å². The molecule has 1 unspecified atom stereocenters. The number of rotatable bonds is 2. The van der Waals surface area contributed by atoms with Gasteiger partial charge in [-0.1, -0.05) is 27.7 Å². The second-order valence-electron chi connectivity index (χ2n) is 2.86. The highest BCUT2D eigenvalue weighted by atomic mass is 33.1. The van der Waals surface area contributed by atoms with Crippen molar-refractivity contribution in [1.82, 2.24) is 0 Å². The maximum Gasteiger partial charge on any atom is 0.0145 e. The topological polar surface area (TPSA) is 0 Å². The molecule has 0 aromatic heterocycles. The minimum atomic E-state index is -0.111. The lowest BCUT2D eigenvalue weighted by molar-refractivity contribution is 0.800. The van der Waals surface area contributed by atoms with Crippen molar-refractivity contribution >= 4 is 30.0 Å². The summed E-state index contributed by atoms with van der Waals surface area (Å²) < 4.78 is 0. The zero-order valence-electron chi connectivity index (χ0n) is 6.51. The van der Waals surface area contributed by atoms with E-state index in [1.165, 1.54) is 5.75 Å². The second kappa shape index (κ2) is 4.10. The smallest absolute Gasteiger partial charge is 0.0145 e. The lowest BCUT2D eigenvalue weighted by Crippen LogP contribution is -2.06. The summed E-state index contributed by atoms with van der Waals surface area (Å²) in [5, 5.41) is 0.402. The van der Waals surface area contributed by atoms with Crippen molar-refractivity contribution in [2.24, 2.45) is 0 Å². The zero-order chi connectivity index (χ0) is 7.49. The average Bonchev–Trinajstić information content (AvgIpc) is 1.64. The van der Waals surface area contributed by atoms with Crippen molar-refractivity contribution in [3.63, 3.8) is 0 Å². The van der Waals surface area contributed by atoms with E-state index in [4.69, 9.17) is 0 Å². The predicted molar refractivity (Wildman–Crippen MR) is 53.8 cm³/mol. The third kappa shape index (κ3) is 4.52. The summed E-state index contributed by atoms with van der Waals surface area (Å²) in [6.45, 7) is 8.92. The van der Waals surface area contributed by atoms with E-state index < -0.39 is 0 Å². The first-order valence-electron chi connectivity index (χ1n) is 3.10. The lowest BCUT2D eigenvalue weighted by Gasteiger charge is -2.24. The normalized spacial score (nSPS) is 15.7. The highest BCUT2D eigenvalue weighted by Gasteiger charge is 2.19. The van der Waals surface area contributed by atoms with Crippen LogP contribution < -0.4 is 0 Å². The first-order valence-corrected chi connectivity index (χ1v) is 7.19. The van der Waals surface area contributed by atoms with E-state index in [2.05, 4.69) is 39.9 Å². The molecule has 0 fully saturated rings. The van der Waals surface area contributed by atoms with Gasteiger partial charge in [-0.2, -0.15) is 0 Å². The largest absolute Gasteiger partial charge is 0.140 e. The molecule has 0 amide bonds. The summed E-state index contributed by atoms with van der Waals surface area (Å²) in [6.07, 6.45) is -0.111. The summed E-state index contributed by atoms with van der Waals surface area (Å²) in [5.41, 5.74) is 0. The van der Waals surface area contributed by atoms with Gasteiger partial charge in [-0.05, 0) is 5.75 Å². The first-order chi connectivity index (χ1) is 3.98. The molecule has 0 aromatic rings. The highest BCUT2D eigenvalue weighted by molar-refractivity contribution is 8.83. The standard InChI is InChI=1S/C6H15PS2/c1-5-9-7(8)6(2,3)4/h8H,5H2,1-4H3. The molecule has 0 N–H and O–H groups in total. The van der Waals surface area contributed by atoms with Gasteiger partial charge in [0.1, 0.15) is 0 Å². The molecule has 1 atom stereocenters. The molecule has 56 valence electrons. The molecule has 0 aliphatic heterocycles. The van der Waals surface area contributed by atoms with Gasteiger partial charge in [0.15, 0.2) is 0 Å². The van der Waals surface area contributed by atoms with Crippen LogP contribution >= 0.6 is 30.0 Å². The Labute approximate surface area is 68.8 Å². The lowest BCUT2D eigenvalue weighted by atomic mass is 10.3. The number of thiol groups is 1. The minimum Gasteiger partial charge on any atom is -0.140 e. The van der Waals surface area contributed by atoms with Gasteiger partial charge in [-0.25, -0.2) is 0 Å². The quantitative estimate of drug-likeness (QED) is 0.501. The molecular formula is C6H15PS2. The van der Waals surface area contributed by atoms with E-state index in [0.717, 1.165) is 0 Å². The van der Waals surface area contributed by atoms with Gasteiger partial charge in [-0.15, -0.1) is 23.6 Å². The summed E-state index contributed by atoms with van der Waals surface area (Å²) in [7, 11) is 0. The van der Waals surface area contributed by atoms with Crippen molar-refractivity contribution in [1.29, 1.82) is 0 Å². The van der Waals surface area contributed by atoms with Gasteiger partial charge in [0.2, 0.25) is 0 Å². The van der Waals surface area contributed by atoms with Crippen LogP contribution in [0.3, 0.4) is 0 Å². The Balaban J connectivity index is 3.59. The fourth-order valence-corrected chi connectivity index (χ4v) is 3.88. The van der Waals surface area contributed by atoms with Crippen LogP contribution in [-0.4, -0.2) is 10.9 Å². The Hall–Kier alpha value is 1.13. The van der Waals surface area contributed by atoms with E-state index in [0.29, 0.717) is 5.16 Å². The number of hydrogen-bond acceptors (Lipinski definition) is 2. The molecule has 3 heteroatoms. The monoisotopic (exact) mass is 182 g/mol. The molecule has 0 radical (unpaired) electrons. The van der Waals surface area contributed by atoms with E-state index in [1.54, 1.807) is 0 Å². The molecule has 0 aliphatic rings. The zero-order valence-corrected chi connectivity index (χ0v) is 9.12. The predicted octanol–water partition coefficient (Wildman–Crippen LogP) is 3.78. The Morgan fingerprint density at radius 3 is 2.00 bits per heavy atom. The minimum absolute atomic E-state index is 0.111. The van der Waals surface area contributed by atoms with E-state index in [-0.39, 0.29) is 6.33 Å². The second-order valence-corrected chi connectivity index (χ2v) is 9.47. The maximum atomic E-state index is 4.52. The molecule has 0 rings (SSSR count). The molecule has 0 nitrogen and oxygen atoms in total. The van der Waals surface area contributed by atoms with E-state index in [1.807, 2.05) is 11.4 Å². The Morgan fingerprint density at radius 1 is 1.44 bits per heavy atom. The van der Waals surface area contributed by atoms with Crippen LogP contribution in [0, 0.1) is 0 Å². The summed E-state index contributed by atoms with van der Waals surface area (Å²) in [5.74, 6) is 1.19. The molecule has 0 saturated carbocycles. The van der Waals surface area contributed by atoms with Gasteiger partial charge in [0, 0.05) is 11.5 Å². The van der Waals surface area contributed by atoms with Crippen molar-refractivity contribution in [3.8, 4) is 0 Å². The summed E-state index contributed by atoms with van der Waals surface area (Å²) >= 11 is 6.49. The van der Waals surface area contributed by atoms with Crippen LogP contribution in [0.1, 0.15) is 27.7 Å². The molecule has 0 bridgehead atoms. The SMILES string of the molecule is CCSP(S)C(C)(C)C. The van der Waals surface area contributed by atoms with Gasteiger partial charge >= 0.3 is 0 Å². The molecule has 0 aromatic carbocycles. The summed E-state index contributed by atoms with van der Waals surface area (Å²) in [4.78, 5) is 0. The van der Waals surface area contributed by atoms with Crippen molar-refractivity contribution < 1.29 is 0 Å². The first kappa shape index (κ1) is 10.1. The maximum absolute atomic E-state index is 4.52. The van der Waals surface area contributed by atoms with Gasteiger partial charge in [-0.3, -0.25) is 0 Å². The molecule has 0 saturated heterocycles. The molecular weight excluding hydrogens is 167 g/mol. The summed E-state index contributed by atoms with van der Waals surface area (Å²) in [6, 6.07) is 0. The highest BCUT2D eigenvalue weighted by Crippen LogP contribution is 2.63. The average molecular weight is 182 g/mol. The Kier molecular flexibility index (Phi) is 4.62. The molecule has 0 heterocycles. The third-order valence-corrected chi connectivity index (χ3v) is 8.47. The van der Waals surface area contributed by atoms with Crippen LogP contribution in [0.25, 0.3) is 0 Å². The van der Waals surface area contributed by atoms with Crippen LogP contribution in [0.15, 0.2) is 0 Å². The van der Waals surface area contributed by atoms with Crippen molar-refractivity contribution in [2.75, 3.05) is 5.75 Å². The van der Waals surface area contributed by atoms with Gasteiger partial charge < -0.3 is 0 Å². The number of hydrogen-bond donors (Lipinski definition) is 1.